The Balaban J connectivity index is 0.000000247. The largest absolute Gasteiger partial charge is 0.573 e. The molecule has 1 aromatic rings. The summed E-state index contributed by atoms with van der Waals surface area (Å²) in [6.45, 7) is 9.62. The predicted octanol–water partition coefficient (Wildman–Crippen LogP) is 7.82. The van der Waals surface area contributed by atoms with Gasteiger partial charge in [-0.2, -0.15) is 0 Å². The van der Waals surface area contributed by atoms with Crippen LogP contribution in [0.25, 0.3) is 0 Å². The van der Waals surface area contributed by atoms with Gasteiger partial charge in [0.25, 0.3) is 0 Å². The summed E-state index contributed by atoms with van der Waals surface area (Å²) in [4.78, 5) is 2.33. The van der Waals surface area contributed by atoms with Gasteiger partial charge < -0.3 is 9.64 Å². The van der Waals surface area contributed by atoms with Gasteiger partial charge in [0.2, 0.25) is 0 Å². The molecule has 0 radical (unpaired) electrons. The predicted molar refractivity (Wildman–Crippen MR) is 140 cm³/mol. The maximum atomic E-state index is 13.7. The van der Waals surface area contributed by atoms with E-state index in [-0.39, 0.29) is 13.2 Å². The van der Waals surface area contributed by atoms with Crippen molar-refractivity contribution in [2.75, 3.05) is 38.2 Å². The van der Waals surface area contributed by atoms with Crippen LogP contribution in [0, 0.1) is 11.8 Å². The van der Waals surface area contributed by atoms with Crippen LogP contribution in [-0.2, 0) is 0 Å². The lowest BCUT2D eigenvalue weighted by Gasteiger charge is -2.28. The van der Waals surface area contributed by atoms with Crippen LogP contribution in [0.15, 0.2) is 36.0 Å². The molecule has 0 aromatic heterocycles. The van der Waals surface area contributed by atoms with Crippen LogP contribution in [0.2, 0.25) is 0 Å². The van der Waals surface area contributed by atoms with Gasteiger partial charge in [-0.3, -0.25) is 5.01 Å². The number of likely N-dealkylation sites (tertiary alicyclic amines) is 1. The Morgan fingerprint density at radius 2 is 1.78 bits per heavy atom. The Hall–Kier alpha value is -1.80. The van der Waals surface area contributed by atoms with Crippen molar-refractivity contribution < 1.29 is 22.3 Å². The molecule has 0 spiro atoms. The molecule has 0 N–H and O–H groups in total. The summed E-state index contributed by atoms with van der Waals surface area (Å²) in [5, 5.41) is 3.90. The highest BCUT2D eigenvalue weighted by molar-refractivity contribution is 5.53. The number of anilines is 1. The molecule has 0 bridgehead atoms. The fourth-order valence-corrected chi connectivity index (χ4v) is 5.32. The normalized spacial score (nSPS) is 27.6. The topological polar surface area (TPSA) is 19.0 Å². The summed E-state index contributed by atoms with van der Waals surface area (Å²) in [6, 6.07) is 5.81. The van der Waals surface area contributed by atoms with E-state index < -0.39 is 12.0 Å². The van der Waals surface area contributed by atoms with E-state index in [1.807, 2.05) is 30.1 Å². The van der Waals surface area contributed by atoms with E-state index >= 15 is 0 Å². The monoisotopic (exact) mass is 515 g/mol. The number of ether oxygens (including phenoxy) is 1. The summed E-state index contributed by atoms with van der Waals surface area (Å²) in [7, 11) is 1.91. The molecule has 1 saturated heterocycles. The van der Waals surface area contributed by atoms with Crippen molar-refractivity contribution in [3.8, 4) is 5.75 Å². The smallest absolute Gasteiger partial charge is 0.406 e. The van der Waals surface area contributed by atoms with Gasteiger partial charge >= 0.3 is 6.36 Å². The molecule has 1 saturated carbocycles. The zero-order valence-electron chi connectivity index (χ0n) is 21.6. The minimum absolute atomic E-state index is 0. The van der Waals surface area contributed by atoms with Crippen LogP contribution >= 0.6 is 0 Å². The maximum Gasteiger partial charge on any atom is 0.573 e. The molecule has 206 valence electrons. The Morgan fingerprint density at radius 1 is 1.08 bits per heavy atom. The first-order valence-electron chi connectivity index (χ1n) is 12.9. The van der Waals surface area contributed by atoms with Crippen molar-refractivity contribution in [3.05, 3.63) is 36.0 Å². The summed E-state index contributed by atoms with van der Waals surface area (Å²) < 4.78 is 53.6. The Bertz CT molecular complexity index is 825. The van der Waals surface area contributed by atoms with E-state index in [1.165, 1.54) is 50.7 Å². The van der Waals surface area contributed by atoms with Crippen molar-refractivity contribution >= 4 is 5.69 Å². The second-order valence-electron chi connectivity index (χ2n) is 10.7. The molecule has 0 amide bonds. The molecular weight excluding hydrogens is 470 g/mol. The Morgan fingerprint density at radius 3 is 2.33 bits per heavy atom. The number of hydrogen-bond donors (Lipinski definition) is 0. The number of allylic oxidation sites excluding steroid dienone is 1. The molecule has 36 heavy (non-hydrogen) atoms. The van der Waals surface area contributed by atoms with E-state index in [1.54, 1.807) is 19.1 Å². The third-order valence-electron chi connectivity index (χ3n) is 7.37. The molecule has 1 aliphatic carbocycles. The van der Waals surface area contributed by atoms with Gasteiger partial charge in [-0.15, -0.1) is 13.2 Å². The third-order valence-corrected chi connectivity index (χ3v) is 7.37. The second-order valence-corrected chi connectivity index (χ2v) is 10.7. The lowest BCUT2D eigenvalue weighted by atomic mass is 9.96. The fourth-order valence-electron chi connectivity index (χ4n) is 5.32. The number of likely N-dealkylation sites (N-methyl/N-ethyl adjacent to an activating group) is 1. The van der Waals surface area contributed by atoms with E-state index in [4.69, 9.17) is 0 Å². The number of halogens is 4. The lowest BCUT2D eigenvalue weighted by Crippen LogP contribution is -2.33. The van der Waals surface area contributed by atoms with Crippen molar-refractivity contribution in [2.24, 2.45) is 11.8 Å². The third kappa shape index (κ3) is 9.58. The highest BCUT2D eigenvalue weighted by atomic mass is 19.4. The molecule has 2 aliphatic heterocycles. The molecule has 2 heterocycles. The first-order chi connectivity index (χ1) is 16.4. The summed E-state index contributed by atoms with van der Waals surface area (Å²) in [5.74, 6) is 1.63. The molecule has 8 heteroatoms. The van der Waals surface area contributed by atoms with Gasteiger partial charge in [0.15, 0.2) is 0 Å². The highest BCUT2D eigenvalue weighted by Gasteiger charge is 2.33. The van der Waals surface area contributed by atoms with Crippen LogP contribution < -0.4 is 9.75 Å². The number of alkyl halides is 4. The average molecular weight is 516 g/mol. The van der Waals surface area contributed by atoms with Crippen LogP contribution in [0.3, 0.4) is 0 Å². The van der Waals surface area contributed by atoms with Gasteiger partial charge in [0.05, 0.1) is 5.69 Å². The zero-order chi connectivity index (χ0) is 25.6. The van der Waals surface area contributed by atoms with Crippen LogP contribution in [0.4, 0.5) is 23.2 Å². The van der Waals surface area contributed by atoms with Gasteiger partial charge in [0, 0.05) is 32.4 Å². The van der Waals surface area contributed by atoms with Crippen LogP contribution in [0.5, 0.6) is 5.75 Å². The number of hydrogen-bond acceptors (Lipinski definition) is 4. The molecule has 4 nitrogen and oxygen atoms in total. The average Bonchev–Trinajstić information content (AvgIpc) is 3.21. The second kappa shape index (κ2) is 13.1. The first kappa shape index (κ1) is 30.4. The number of rotatable bonds is 5. The van der Waals surface area contributed by atoms with Crippen LogP contribution in [0.1, 0.15) is 73.1 Å². The minimum Gasteiger partial charge on any atom is -0.406 e. The minimum atomic E-state index is -4.65. The van der Waals surface area contributed by atoms with E-state index in [0.29, 0.717) is 6.54 Å². The quantitative estimate of drug-likeness (QED) is 0.294. The van der Waals surface area contributed by atoms with E-state index in [9.17, 15) is 17.6 Å². The molecule has 2 fully saturated rings. The van der Waals surface area contributed by atoms with E-state index in [0.717, 1.165) is 49.3 Å². The summed E-state index contributed by atoms with van der Waals surface area (Å²) in [6.07, 6.45) is 6.47. The molecule has 4 rings (SSSR count). The summed E-state index contributed by atoms with van der Waals surface area (Å²) in [5.41, 5.74) is 0.929. The Kier molecular flexibility index (Phi) is 11.1. The highest BCUT2D eigenvalue weighted by Crippen LogP contribution is 2.31. The van der Waals surface area contributed by atoms with Gasteiger partial charge in [0.1, 0.15) is 11.4 Å². The molecule has 3 unspecified atom stereocenters. The number of nitrogens with zero attached hydrogens (tertiary/aromatic N) is 3. The van der Waals surface area contributed by atoms with Crippen molar-refractivity contribution in [1.29, 1.82) is 0 Å². The SMILES string of the molecule is C.CC1=CCN(C)N1c1ccc(OC(F)(F)F)cc1.CC1CCCC(CCN2CCC(C)(F)C2)CC1. The van der Waals surface area contributed by atoms with E-state index in [2.05, 4.69) is 16.6 Å². The maximum absolute atomic E-state index is 13.7. The molecule has 1 aromatic carbocycles. The number of benzene rings is 1. The molecule has 3 atom stereocenters. The van der Waals surface area contributed by atoms with Crippen molar-refractivity contribution in [1.82, 2.24) is 9.91 Å². The molecule has 3 aliphatic rings. The first-order valence-corrected chi connectivity index (χ1v) is 12.9. The van der Waals surface area contributed by atoms with Gasteiger partial charge in [-0.1, -0.05) is 46.5 Å². The van der Waals surface area contributed by atoms with Crippen molar-refractivity contribution in [3.63, 3.8) is 0 Å². The zero-order valence-corrected chi connectivity index (χ0v) is 21.6. The standard InChI is InChI=1S/C15H28FN.C12H13F3N2O.CH4/c1-13-4-3-5-14(7-6-13)8-10-17-11-9-15(2,16)12-17;1-9-7-8-16(2)17(9)10-3-5-11(6-4-10)18-12(13,14)15;/h13-14H,3-12H2,1-2H3;3-7H,8H2,1-2H3;1H4. The Labute approximate surface area is 215 Å². The molecular formula is C28H45F4N3O. The van der Waals surface area contributed by atoms with Crippen molar-refractivity contribution in [2.45, 2.75) is 85.2 Å². The number of hydrazine groups is 1. The fraction of sp³-hybridized carbons (Fsp3) is 0.714. The summed E-state index contributed by atoms with van der Waals surface area (Å²) >= 11 is 0. The van der Waals surface area contributed by atoms with Crippen LogP contribution in [-0.4, -0.2) is 55.2 Å². The lowest BCUT2D eigenvalue weighted by molar-refractivity contribution is -0.274. The van der Waals surface area contributed by atoms with Gasteiger partial charge in [-0.05, 0) is 75.4 Å². The van der Waals surface area contributed by atoms with Gasteiger partial charge in [-0.25, -0.2) is 9.40 Å².